The Bertz CT molecular complexity index is 1480. The first kappa shape index (κ1) is 20.5. The monoisotopic (exact) mass is 455 g/mol. The van der Waals surface area contributed by atoms with E-state index in [4.69, 9.17) is 21.3 Å². The number of fused-ring (bicyclic) bond motifs is 1. The number of aromatic nitrogens is 1. The Balaban J connectivity index is 1.64. The van der Waals surface area contributed by atoms with E-state index in [1.807, 2.05) is 6.07 Å². The lowest BCUT2D eigenvalue weighted by Crippen LogP contribution is -2.31. The van der Waals surface area contributed by atoms with Crippen LogP contribution in [0.3, 0.4) is 0 Å². The number of hydrogen-bond acceptors (Lipinski definition) is 6. The van der Waals surface area contributed by atoms with Crippen molar-refractivity contribution in [2.75, 3.05) is 4.90 Å². The normalized spacial score (nSPS) is 15.8. The minimum Gasteiger partial charge on any atom is -0.503 e. The molecule has 5 rings (SSSR count). The Labute approximate surface area is 192 Å². The Morgan fingerprint density at radius 1 is 1.09 bits per heavy atom. The van der Waals surface area contributed by atoms with E-state index in [-0.39, 0.29) is 11.3 Å². The number of aliphatic hydroxyl groups excluding tert-OH is 1. The summed E-state index contributed by atoms with van der Waals surface area (Å²) < 4.78 is 5.70. The Morgan fingerprint density at radius 2 is 1.82 bits per heavy atom. The number of amides is 1. The van der Waals surface area contributed by atoms with Crippen molar-refractivity contribution < 1.29 is 19.1 Å². The summed E-state index contributed by atoms with van der Waals surface area (Å²) in [7, 11) is 0. The number of carbonyl (C=O) groups excluding carboxylic acids is 2. The van der Waals surface area contributed by atoms with Crippen LogP contribution in [0.1, 0.15) is 27.7 Å². The number of anilines is 1. The molecule has 7 nitrogen and oxygen atoms in total. The lowest BCUT2D eigenvalue weighted by molar-refractivity contribution is -0.117. The molecule has 1 aliphatic heterocycles. The summed E-state index contributed by atoms with van der Waals surface area (Å²) in [5.41, 5.74) is 1.76. The highest BCUT2D eigenvalue weighted by Crippen LogP contribution is 2.42. The van der Waals surface area contributed by atoms with Gasteiger partial charge in [-0.15, -0.1) is 0 Å². The number of pyridine rings is 1. The molecular weight excluding hydrogens is 442 g/mol. The maximum absolute atomic E-state index is 13.5. The average molecular weight is 456 g/mol. The standard InChI is InChI=1S/C25H14ClN3O4/c26-17-3-6-19-16(11-17)12-20(33-19)23(30)21-22(15-7-9-28-10-8-15)29(25(32)24(21)31)18-4-1-14(13-27)2-5-18/h1-12,22,31H. The fourth-order valence-electron chi connectivity index (χ4n) is 3.92. The molecule has 0 bridgehead atoms. The van der Waals surface area contributed by atoms with E-state index in [1.165, 1.54) is 23.4 Å². The number of hydrogen-bond donors (Lipinski definition) is 1. The van der Waals surface area contributed by atoms with Crippen molar-refractivity contribution in [1.82, 2.24) is 4.98 Å². The molecule has 0 saturated heterocycles. The van der Waals surface area contributed by atoms with Gasteiger partial charge in [0.1, 0.15) is 5.58 Å². The van der Waals surface area contributed by atoms with Crippen molar-refractivity contribution in [3.05, 3.63) is 106 Å². The molecule has 33 heavy (non-hydrogen) atoms. The van der Waals surface area contributed by atoms with Gasteiger partial charge in [-0.05, 0) is 66.2 Å². The molecule has 1 aliphatic rings. The molecule has 2 aromatic heterocycles. The summed E-state index contributed by atoms with van der Waals surface area (Å²) in [6.45, 7) is 0. The predicted octanol–water partition coefficient (Wildman–Crippen LogP) is 5.14. The minimum atomic E-state index is -0.919. The smallest absolute Gasteiger partial charge is 0.294 e. The largest absolute Gasteiger partial charge is 0.503 e. The lowest BCUT2D eigenvalue weighted by atomic mass is 9.95. The number of nitriles is 1. The van der Waals surface area contributed by atoms with E-state index in [0.717, 1.165) is 0 Å². The molecule has 1 atom stereocenters. The highest BCUT2D eigenvalue weighted by molar-refractivity contribution is 6.31. The number of nitrogens with zero attached hydrogens (tertiary/aromatic N) is 3. The van der Waals surface area contributed by atoms with Crippen molar-refractivity contribution in [1.29, 1.82) is 5.26 Å². The molecule has 4 aromatic rings. The number of rotatable bonds is 4. The van der Waals surface area contributed by atoms with Gasteiger partial charge in [-0.25, -0.2) is 0 Å². The number of ketones is 1. The second-order valence-electron chi connectivity index (χ2n) is 7.40. The molecule has 0 aliphatic carbocycles. The summed E-state index contributed by atoms with van der Waals surface area (Å²) in [5, 5.41) is 21.0. The third-order valence-electron chi connectivity index (χ3n) is 5.45. The first-order chi connectivity index (χ1) is 16.0. The molecule has 0 radical (unpaired) electrons. The Morgan fingerprint density at radius 3 is 2.52 bits per heavy atom. The third-order valence-corrected chi connectivity index (χ3v) is 5.69. The maximum atomic E-state index is 13.5. The van der Waals surface area contributed by atoms with Crippen molar-refractivity contribution in [3.8, 4) is 6.07 Å². The number of aliphatic hydroxyl groups is 1. The van der Waals surface area contributed by atoms with E-state index in [9.17, 15) is 14.7 Å². The number of carbonyl (C=O) groups is 2. The summed E-state index contributed by atoms with van der Waals surface area (Å²) in [5.74, 6) is -2.04. The second kappa shape index (κ2) is 7.93. The number of Topliss-reactive ketones (excluding diaryl/α,β-unsaturated/α-hetero) is 1. The van der Waals surface area contributed by atoms with Crippen LogP contribution in [0.15, 0.2) is 88.8 Å². The summed E-state index contributed by atoms with van der Waals surface area (Å²) in [4.78, 5) is 32.0. The predicted molar refractivity (Wildman–Crippen MR) is 121 cm³/mol. The molecule has 8 heteroatoms. The second-order valence-corrected chi connectivity index (χ2v) is 7.84. The van der Waals surface area contributed by atoms with Crippen LogP contribution in [0.25, 0.3) is 11.0 Å². The van der Waals surface area contributed by atoms with Crippen molar-refractivity contribution in [3.63, 3.8) is 0 Å². The lowest BCUT2D eigenvalue weighted by Gasteiger charge is -2.26. The molecule has 0 saturated carbocycles. The topological polar surface area (TPSA) is 107 Å². The molecule has 3 heterocycles. The SMILES string of the molecule is N#Cc1ccc(N2C(=O)C(O)=C(C(=O)c3cc4cc(Cl)ccc4o3)C2c2ccncc2)cc1. The van der Waals surface area contributed by atoms with Crippen molar-refractivity contribution >= 4 is 39.9 Å². The van der Waals surface area contributed by atoms with E-state index < -0.39 is 23.5 Å². The Hall–Kier alpha value is -4.41. The molecule has 0 spiro atoms. The van der Waals surface area contributed by atoms with Crippen LogP contribution >= 0.6 is 11.6 Å². The van der Waals surface area contributed by atoms with Gasteiger partial charge in [0.2, 0.25) is 5.78 Å². The molecule has 2 aromatic carbocycles. The molecule has 160 valence electrons. The number of benzene rings is 2. The van der Waals surface area contributed by atoms with Gasteiger partial charge in [-0.3, -0.25) is 19.5 Å². The molecular formula is C25H14ClN3O4. The first-order valence-electron chi connectivity index (χ1n) is 9.88. The van der Waals surface area contributed by atoms with E-state index in [2.05, 4.69) is 4.98 Å². The van der Waals surface area contributed by atoms with Crippen LogP contribution in [-0.2, 0) is 4.79 Å². The van der Waals surface area contributed by atoms with Gasteiger partial charge in [0.05, 0.1) is 23.2 Å². The fourth-order valence-corrected chi connectivity index (χ4v) is 4.10. The van der Waals surface area contributed by atoms with E-state index in [1.54, 1.807) is 54.6 Å². The maximum Gasteiger partial charge on any atom is 0.294 e. The fraction of sp³-hybridized carbons (Fsp3) is 0.0400. The summed E-state index contributed by atoms with van der Waals surface area (Å²) in [6, 6.07) is 17.2. The third kappa shape index (κ3) is 3.43. The van der Waals surface area contributed by atoms with Crippen LogP contribution < -0.4 is 4.90 Å². The van der Waals surface area contributed by atoms with Crippen LogP contribution in [0, 0.1) is 11.3 Å². The van der Waals surface area contributed by atoms with Gasteiger partial charge in [0.25, 0.3) is 5.91 Å². The van der Waals surface area contributed by atoms with Gasteiger partial charge in [-0.2, -0.15) is 5.26 Å². The first-order valence-corrected chi connectivity index (χ1v) is 10.3. The van der Waals surface area contributed by atoms with E-state index >= 15 is 0 Å². The minimum absolute atomic E-state index is 0.0256. The van der Waals surface area contributed by atoms with Crippen molar-refractivity contribution in [2.24, 2.45) is 0 Å². The average Bonchev–Trinajstić information content (AvgIpc) is 3.38. The quantitative estimate of drug-likeness (QED) is 0.427. The number of halogens is 1. The highest BCUT2D eigenvalue weighted by atomic mass is 35.5. The summed E-state index contributed by atoms with van der Waals surface area (Å²) in [6.07, 6.45) is 3.08. The van der Waals surface area contributed by atoms with Gasteiger partial charge in [0, 0.05) is 28.5 Å². The van der Waals surface area contributed by atoms with Gasteiger partial charge in [-0.1, -0.05) is 11.6 Å². The van der Waals surface area contributed by atoms with Crippen molar-refractivity contribution in [2.45, 2.75) is 6.04 Å². The molecule has 1 unspecified atom stereocenters. The van der Waals surface area contributed by atoms with Gasteiger partial charge >= 0.3 is 0 Å². The van der Waals surface area contributed by atoms with Gasteiger partial charge < -0.3 is 9.52 Å². The highest BCUT2D eigenvalue weighted by Gasteiger charge is 2.45. The zero-order chi connectivity index (χ0) is 23.1. The van der Waals surface area contributed by atoms with Crippen LogP contribution in [0.4, 0.5) is 5.69 Å². The van der Waals surface area contributed by atoms with Crippen LogP contribution in [-0.4, -0.2) is 21.8 Å². The van der Waals surface area contributed by atoms with E-state index in [0.29, 0.717) is 32.8 Å². The molecule has 0 fully saturated rings. The number of furan rings is 1. The molecule has 1 N–H and O–H groups in total. The zero-order valence-corrected chi connectivity index (χ0v) is 17.7. The Kier molecular flexibility index (Phi) is 4.93. The van der Waals surface area contributed by atoms with Gasteiger partial charge in [0.15, 0.2) is 11.5 Å². The van der Waals surface area contributed by atoms with Crippen LogP contribution in [0.2, 0.25) is 5.02 Å². The zero-order valence-electron chi connectivity index (χ0n) is 16.9. The molecule has 1 amide bonds. The van der Waals surface area contributed by atoms with Crippen LogP contribution in [0.5, 0.6) is 0 Å². The summed E-state index contributed by atoms with van der Waals surface area (Å²) >= 11 is 6.04.